The second-order valence-corrected chi connectivity index (χ2v) is 7.42. The molecule has 0 bridgehead atoms. The summed E-state index contributed by atoms with van der Waals surface area (Å²) in [5, 5.41) is 11.3. The number of rotatable bonds is 4. The lowest BCUT2D eigenvalue weighted by atomic mass is 9.96. The van der Waals surface area contributed by atoms with Gasteiger partial charge in [-0.2, -0.15) is 16.4 Å². The van der Waals surface area contributed by atoms with Crippen molar-refractivity contribution < 1.29 is 9.47 Å². The van der Waals surface area contributed by atoms with Crippen LogP contribution >= 0.6 is 11.3 Å². The van der Waals surface area contributed by atoms with Crippen LogP contribution in [0, 0.1) is 0 Å². The summed E-state index contributed by atoms with van der Waals surface area (Å²) < 4.78 is 12.3. The van der Waals surface area contributed by atoms with Crippen molar-refractivity contribution in [2.75, 3.05) is 6.61 Å². The van der Waals surface area contributed by atoms with Gasteiger partial charge in [-0.1, -0.05) is 30.3 Å². The standard InChI is InChI=1S/C22H20N2O2S/c1-2-25-20-9-5-4-8-17(20)22-24-19(16-7-3-6-10-21(16)26-22)13-18(23-24)15-11-12-27-14-15/h3-12,14,19,22H,2,13H2,1H3/t19-,22+/m0/s1. The van der Waals surface area contributed by atoms with Gasteiger partial charge < -0.3 is 9.47 Å². The van der Waals surface area contributed by atoms with E-state index in [2.05, 4.69) is 40.0 Å². The molecule has 0 spiro atoms. The molecule has 0 radical (unpaired) electrons. The van der Waals surface area contributed by atoms with Crippen molar-refractivity contribution in [2.45, 2.75) is 25.6 Å². The van der Waals surface area contributed by atoms with Crippen molar-refractivity contribution in [1.82, 2.24) is 5.01 Å². The summed E-state index contributed by atoms with van der Waals surface area (Å²) in [7, 11) is 0. The van der Waals surface area contributed by atoms with Crippen LogP contribution in [0.3, 0.4) is 0 Å². The molecule has 0 aliphatic carbocycles. The van der Waals surface area contributed by atoms with Gasteiger partial charge >= 0.3 is 0 Å². The van der Waals surface area contributed by atoms with Crippen molar-refractivity contribution in [3.8, 4) is 11.5 Å². The lowest BCUT2D eigenvalue weighted by Crippen LogP contribution is -2.34. The van der Waals surface area contributed by atoms with E-state index in [0.717, 1.165) is 29.2 Å². The van der Waals surface area contributed by atoms with Gasteiger partial charge in [0.15, 0.2) is 0 Å². The Bertz CT molecular complexity index is 983. The van der Waals surface area contributed by atoms with Crippen LogP contribution in [0.2, 0.25) is 0 Å². The summed E-state index contributed by atoms with van der Waals surface area (Å²) >= 11 is 1.70. The zero-order valence-corrected chi connectivity index (χ0v) is 15.9. The molecule has 0 saturated carbocycles. The lowest BCUT2D eigenvalue weighted by Gasteiger charge is -2.38. The van der Waals surface area contributed by atoms with Crippen LogP contribution in [-0.4, -0.2) is 17.3 Å². The number of para-hydroxylation sites is 2. The lowest BCUT2D eigenvalue weighted by molar-refractivity contribution is -0.0205. The van der Waals surface area contributed by atoms with E-state index in [1.54, 1.807) is 11.3 Å². The van der Waals surface area contributed by atoms with Gasteiger partial charge in [0.25, 0.3) is 0 Å². The highest BCUT2D eigenvalue weighted by Gasteiger charge is 2.41. The third-order valence-electron chi connectivity index (χ3n) is 5.04. The summed E-state index contributed by atoms with van der Waals surface area (Å²) in [6.45, 7) is 2.62. The molecular formula is C22H20N2O2S. The number of thiophene rings is 1. The van der Waals surface area contributed by atoms with E-state index in [9.17, 15) is 0 Å². The van der Waals surface area contributed by atoms with E-state index < -0.39 is 0 Å². The van der Waals surface area contributed by atoms with Gasteiger partial charge in [-0.15, -0.1) is 0 Å². The van der Waals surface area contributed by atoms with Crippen LogP contribution in [0.25, 0.3) is 0 Å². The smallest absolute Gasteiger partial charge is 0.217 e. The Morgan fingerprint density at radius 1 is 1.11 bits per heavy atom. The Hall–Kier alpha value is -2.79. The van der Waals surface area contributed by atoms with Crippen molar-refractivity contribution in [2.24, 2.45) is 5.10 Å². The second-order valence-electron chi connectivity index (χ2n) is 6.64. The van der Waals surface area contributed by atoms with Gasteiger partial charge in [0.1, 0.15) is 11.5 Å². The minimum Gasteiger partial charge on any atom is -0.493 e. The summed E-state index contributed by atoms with van der Waals surface area (Å²) in [5.74, 6) is 1.78. The molecule has 3 heterocycles. The molecule has 3 aromatic rings. The zero-order chi connectivity index (χ0) is 18.2. The van der Waals surface area contributed by atoms with E-state index in [4.69, 9.17) is 14.6 Å². The van der Waals surface area contributed by atoms with E-state index in [0.29, 0.717) is 6.61 Å². The third-order valence-corrected chi connectivity index (χ3v) is 5.72. The minimum atomic E-state index is -0.302. The Balaban J connectivity index is 1.61. The summed E-state index contributed by atoms with van der Waals surface area (Å²) in [6, 6.07) is 18.7. The molecule has 0 amide bonds. The van der Waals surface area contributed by atoms with Gasteiger partial charge in [-0.05, 0) is 41.9 Å². The number of hydrogen-bond donors (Lipinski definition) is 0. The predicted octanol–water partition coefficient (Wildman–Crippen LogP) is 5.39. The first-order valence-electron chi connectivity index (χ1n) is 9.21. The van der Waals surface area contributed by atoms with Crippen LogP contribution in [0.4, 0.5) is 0 Å². The normalized spacial score (nSPS) is 20.5. The van der Waals surface area contributed by atoms with E-state index >= 15 is 0 Å². The maximum absolute atomic E-state index is 6.43. The van der Waals surface area contributed by atoms with Crippen LogP contribution in [0.1, 0.15) is 42.3 Å². The highest BCUT2D eigenvalue weighted by atomic mass is 32.1. The summed E-state index contributed by atoms with van der Waals surface area (Å²) in [6.07, 6.45) is 0.577. The molecule has 0 N–H and O–H groups in total. The van der Waals surface area contributed by atoms with E-state index in [-0.39, 0.29) is 12.3 Å². The number of fused-ring (bicyclic) bond motifs is 3. The number of hydrazone groups is 1. The highest BCUT2D eigenvalue weighted by molar-refractivity contribution is 7.08. The maximum Gasteiger partial charge on any atom is 0.217 e. The fourth-order valence-electron chi connectivity index (χ4n) is 3.81. The number of benzene rings is 2. The van der Waals surface area contributed by atoms with Crippen LogP contribution in [0.15, 0.2) is 70.5 Å². The first kappa shape index (κ1) is 16.4. The third kappa shape index (κ3) is 2.79. The molecule has 2 aromatic carbocycles. The SMILES string of the molecule is CCOc1ccccc1[C@H]1Oc2ccccc2[C@@H]2CC(c3ccsc3)=NN12. The average molecular weight is 376 g/mol. The average Bonchev–Trinajstić information content (AvgIpc) is 3.38. The predicted molar refractivity (Wildman–Crippen MR) is 107 cm³/mol. The molecular weight excluding hydrogens is 356 g/mol. The molecule has 5 rings (SSSR count). The maximum atomic E-state index is 6.43. The van der Waals surface area contributed by atoms with Crippen LogP contribution in [0.5, 0.6) is 11.5 Å². The first-order valence-corrected chi connectivity index (χ1v) is 10.1. The van der Waals surface area contributed by atoms with Crippen molar-refractivity contribution in [3.05, 3.63) is 82.0 Å². The highest BCUT2D eigenvalue weighted by Crippen LogP contribution is 2.48. The molecule has 136 valence electrons. The second kappa shape index (κ2) is 6.74. The van der Waals surface area contributed by atoms with Gasteiger partial charge in [0.2, 0.25) is 6.23 Å². The molecule has 27 heavy (non-hydrogen) atoms. The molecule has 0 fully saturated rings. The summed E-state index contributed by atoms with van der Waals surface area (Å²) in [4.78, 5) is 0. The van der Waals surface area contributed by atoms with Crippen molar-refractivity contribution in [3.63, 3.8) is 0 Å². The van der Waals surface area contributed by atoms with E-state index in [1.165, 1.54) is 11.1 Å². The fourth-order valence-corrected chi connectivity index (χ4v) is 4.48. The van der Waals surface area contributed by atoms with E-state index in [1.807, 2.05) is 37.3 Å². The largest absolute Gasteiger partial charge is 0.493 e. The van der Waals surface area contributed by atoms with Crippen molar-refractivity contribution >= 4 is 17.0 Å². The van der Waals surface area contributed by atoms with Crippen LogP contribution in [-0.2, 0) is 0 Å². The molecule has 2 aliphatic heterocycles. The summed E-state index contributed by atoms with van der Waals surface area (Å²) in [5.41, 5.74) is 4.51. The number of nitrogens with zero attached hydrogens (tertiary/aromatic N) is 2. The van der Waals surface area contributed by atoms with Crippen LogP contribution < -0.4 is 9.47 Å². The quantitative estimate of drug-likeness (QED) is 0.612. The molecule has 5 heteroatoms. The van der Waals surface area contributed by atoms with Gasteiger partial charge in [0, 0.05) is 17.5 Å². The fraction of sp³-hybridized carbons (Fsp3) is 0.227. The Morgan fingerprint density at radius 2 is 1.93 bits per heavy atom. The molecule has 1 aromatic heterocycles. The Morgan fingerprint density at radius 3 is 2.74 bits per heavy atom. The molecule has 2 aliphatic rings. The van der Waals surface area contributed by atoms with Gasteiger partial charge in [-0.3, -0.25) is 0 Å². The first-order chi connectivity index (χ1) is 13.3. The van der Waals surface area contributed by atoms with Gasteiger partial charge in [0.05, 0.1) is 23.9 Å². The Labute approximate surface area is 162 Å². The number of hydrogen-bond acceptors (Lipinski definition) is 5. The number of ether oxygens (including phenoxy) is 2. The molecule has 2 atom stereocenters. The molecule has 0 unspecified atom stereocenters. The van der Waals surface area contributed by atoms with Gasteiger partial charge in [-0.25, -0.2) is 5.01 Å². The molecule has 0 saturated heterocycles. The monoisotopic (exact) mass is 376 g/mol. The molecule has 4 nitrogen and oxygen atoms in total. The zero-order valence-electron chi connectivity index (χ0n) is 15.0. The topological polar surface area (TPSA) is 34.1 Å². The van der Waals surface area contributed by atoms with Crippen molar-refractivity contribution in [1.29, 1.82) is 0 Å². The Kier molecular flexibility index (Phi) is 4.09. The minimum absolute atomic E-state index is 0.171.